The lowest BCUT2D eigenvalue weighted by Gasteiger charge is -2.38. The van der Waals surface area contributed by atoms with Crippen LogP contribution in [0.1, 0.15) is 25.7 Å². The average molecular weight is 256 g/mol. The first-order valence-electron chi connectivity index (χ1n) is 6.40. The summed E-state index contributed by atoms with van der Waals surface area (Å²) in [5, 5.41) is 12.3. The Hall–Kier alpha value is -1.14. The zero-order chi connectivity index (χ0) is 13.2. The third kappa shape index (κ3) is 2.22. The number of carbonyl (C=O) groups excluding carboxylic acids is 1. The fourth-order valence-electron chi connectivity index (χ4n) is 2.86. The highest BCUT2D eigenvalue weighted by Gasteiger charge is 2.46. The van der Waals surface area contributed by atoms with E-state index < -0.39 is 17.6 Å². The van der Waals surface area contributed by atoms with Gasteiger partial charge < -0.3 is 20.1 Å². The van der Waals surface area contributed by atoms with Gasteiger partial charge in [-0.1, -0.05) is 0 Å². The van der Waals surface area contributed by atoms with E-state index in [9.17, 15) is 9.59 Å². The lowest BCUT2D eigenvalue weighted by Crippen LogP contribution is -2.57. The smallest absolute Gasteiger partial charge is 0.326 e. The molecule has 18 heavy (non-hydrogen) atoms. The predicted octanol–water partition coefficient (Wildman–Crippen LogP) is -0.169. The van der Waals surface area contributed by atoms with E-state index in [1.807, 2.05) is 0 Å². The van der Waals surface area contributed by atoms with Crippen molar-refractivity contribution in [2.45, 2.75) is 37.3 Å². The summed E-state index contributed by atoms with van der Waals surface area (Å²) in [7, 11) is 1.54. The van der Waals surface area contributed by atoms with Crippen molar-refractivity contribution in [1.82, 2.24) is 10.2 Å². The van der Waals surface area contributed by atoms with Crippen LogP contribution >= 0.6 is 0 Å². The molecule has 0 aromatic carbocycles. The molecule has 2 aliphatic rings. The summed E-state index contributed by atoms with van der Waals surface area (Å²) in [5.74, 6) is -1.07. The highest BCUT2D eigenvalue weighted by molar-refractivity contribution is 5.90. The Morgan fingerprint density at radius 2 is 2.06 bits per heavy atom. The van der Waals surface area contributed by atoms with E-state index in [1.165, 1.54) is 12.0 Å². The molecule has 6 heteroatoms. The summed E-state index contributed by atoms with van der Waals surface area (Å²) < 4.78 is 5.46. The van der Waals surface area contributed by atoms with Gasteiger partial charge in [0.2, 0.25) is 0 Å². The molecule has 0 unspecified atom stereocenters. The Kier molecular flexibility index (Phi) is 3.87. The highest BCUT2D eigenvalue weighted by atomic mass is 16.5. The number of hydrogen-bond donors (Lipinski definition) is 2. The number of hydrogen-bond acceptors (Lipinski definition) is 4. The standard InChI is InChI=1S/C12H20N2O4/c1-18-12(4-6-13-7-5-12)11(17)14-8-2-3-9(14)10(15)16/h9,13H,2-8H2,1H3,(H,15,16)/t9-/m1/s1. The molecule has 6 nitrogen and oxygen atoms in total. The second-order valence-corrected chi connectivity index (χ2v) is 4.94. The molecule has 0 aromatic heterocycles. The maximum absolute atomic E-state index is 12.6. The molecule has 2 saturated heterocycles. The quantitative estimate of drug-likeness (QED) is 0.733. The summed E-state index contributed by atoms with van der Waals surface area (Å²) in [6.07, 6.45) is 2.50. The minimum Gasteiger partial charge on any atom is -0.480 e. The van der Waals surface area contributed by atoms with Crippen molar-refractivity contribution in [1.29, 1.82) is 0 Å². The molecule has 0 aromatic rings. The number of ether oxygens (including phenoxy) is 1. The van der Waals surface area contributed by atoms with Crippen molar-refractivity contribution in [3.63, 3.8) is 0 Å². The summed E-state index contributed by atoms with van der Waals surface area (Å²) in [4.78, 5) is 25.2. The van der Waals surface area contributed by atoms with Crippen LogP contribution in [0.3, 0.4) is 0 Å². The molecule has 2 fully saturated rings. The van der Waals surface area contributed by atoms with Gasteiger partial charge in [0, 0.05) is 13.7 Å². The Bertz CT molecular complexity index is 339. The Balaban J connectivity index is 2.15. The molecule has 0 saturated carbocycles. The SMILES string of the molecule is COC1(C(=O)N2CCC[C@@H]2C(=O)O)CCNCC1. The first-order valence-corrected chi connectivity index (χ1v) is 6.40. The van der Waals surface area contributed by atoms with Crippen LogP contribution in [0.5, 0.6) is 0 Å². The van der Waals surface area contributed by atoms with Gasteiger partial charge >= 0.3 is 5.97 Å². The number of rotatable bonds is 3. The van der Waals surface area contributed by atoms with Gasteiger partial charge in [0.1, 0.15) is 11.6 Å². The molecule has 0 radical (unpaired) electrons. The summed E-state index contributed by atoms with van der Waals surface area (Å²) in [5.41, 5.74) is -0.830. The topological polar surface area (TPSA) is 78.9 Å². The van der Waals surface area contributed by atoms with Crippen LogP contribution in [0.15, 0.2) is 0 Å². The lowest BCUT2D eigenvalue weighted by atomic mass is 9.90. The molecular formula is C12H20N2O4. The van der Waals surface area contributed by atoms with Crippen LogP contribution in [0.2, 0.25) is 0 Å². The number of carboxylic acid groups (broad SMARTS) is 1. The number of carboxylic acids is 1. The third-order valence-corrected chi connectivity index (χ3v) is 3.99. The average Bonchev–Trinajstić information content (AvgIpc) is 2.88. The largest absolute Gasteiger partial charge is 0.480 e. The monoisotopic (exact) mass is 256 g/mol. The molecule has 0 spiro atoms. The van der Waals surface area contributed by atoms with Gasteiger partial charge in [0.25, 0.3) is 5.91 Å². The van der Waals surface area contributed by atoms with Gasteiger partial charge in [0.15, 0.2) is 0 Å². The maximum atomic E-state index is 12.6. The minimum absolute atomic E-state index is 0.156. The first-order chi connectivity index (χ1) is 8.60. The van der Waals surface area contributed by atoms with E-state index in [0.717, 1.165) is 19.5 Å². The number of piperidine rings is 1. The molecular weight excluding hydrogens is 236 g/mol. The van der Waals surface area contributed by atoms with Crippen molar-refractivity contribution in [3.05, 3.63) is 0 Å². The van der Waals surface area contributed by atoms with Crippen LogP contribution in [-0.2, 0) is 14.3 Å². The van der Waals surface area contributed by atoms with Crippen molar-refractivity contribution in [2.75, 3.05) is 26.7 Å². The summed E-state index contributed by atoms with van der Waals surface area (Å²) >= 11 is 0. The highest BCUT2D eigenvalue weighted by Crippen LogP contribution is 2.29. The van der Waals surface area contributed by atoms with E-state index in [-0.39, 0.29) is 5.91 Å². The Morgan fingerprint density at radius 1 is 1.39 bits per heavy atom. The number of nitrogens with one attached hydrogen (secondary N) is 1. The zero-order valence-corrected chi connectivity index (χ0v) is 10.6. The van der Waals surface area contributed by atoms with Crippen LogP contribution in [0, 0.1) is 0 Å². The molecule has 2 aliphatic heterocycles. The van der Waals surface area contributed by atoms with Crippen molar-refractivity contribution < 1.29 is 19.4 Å². The molecule has 0 bridgehead atoms. The Labute approximate surface area is 106 Å². The van der Waals surface area contributed by atoms with E-state index in [2.05, 4.69) is 5.32 Å². The molecule has 2 N–H and O–H groups in total. The van der Waals surface area contributed by atoms with E-state index >= 15 is 0 Å². The fraction of sp³-hybridized carbons (Fsp3) is 0.833. The number of nitrogens with zero attached hydrogens (tertiary/aromatic N) is 1. The van der Waals surface area contributed by atoms with Crippen LogP contribution < -0.4 is 5.32 Å². The van der Waals surface area contributed by atoms with Crippen LogP contribution in [-0.4, -0.2) is 60.3 Å². The second kappa shape index (κ2) is 5.24. The number of carbonyl (C=O) groups is 2. The number of methoxy groups -OCH3 is 1. The number of likely N-dealkylation sites (tertiary alicyclic amines) is 1. The molecule has 1 atom stereocenters. The van der Waals surface area contributed by atoms with Gasteiger partial charge in [-0.2, -0.15) is 0 Å². The molecule has 102 valence electrons. The second-order valence-electron chi connectivity index (χ2n) is 4.94. The minimum atomic E-state index is -0.916. The fourth-order valence-corrected chi connectivity index (χ4v) is 2.86. The van der Waals surface area contributed by atoms with Gasteiger partial charge in [-0.3, -0.25) is 4.79 Å². The summed E-state index contributed by atoms with van der Waals surface area (Å²) in [6, 6.07) is -0.681. The number of aliphatic carboxylic acids is 1. The first kappa shape index (κ1) is 13.3. The molecule has 2 rings (SSSR count). The predicted molar refractivity (Wildman–Crippen MR) is 64.2 cm³/mol. The van der Waals surface area contributed by atoms with Crippen LogP contribution in [0.25, 0.3) is 0 Å². The normalized spacial score (nSPS) is 27.2. The van der Waals surface area contributed by atoms with Crippen molar-refractivity contribution >= 4 is 11.9 Å². The van der Waals surface area contributed by atoms with Gasteiger partial charge in [-0.25, -0.2) is 4.79 Å². The van der Waals surface area contributed by atoms with Gasteiger partial charge in [-0.05, 0) is 38.8 Å². The van der Waals surface area contributed by atoms with Crippen molar-refractivity contribution in [3.8, 4) is 0 Å². The van der Waals surface area contributed by atoms with Gasteiger partial charge in [0.05, 0.1) is 0 Å². The molecule has 0 aliphatic carbocycles. The lowest BCUT2D eigenvalue weighted by molar-refractivity contribution is -0.164. The third-order valence-electron chi connectivity index (χ3n) is 3.99. The van der Waals surface area contributed by atoms with Gasteiger partial charge in [-0.15, -0.1) is 0 Å². The van der Waals surface area contributed by atoms with Crippen LogP contribution in [0.4, 0.5) is 0 Å². The summed E-state index contributed by atoms with van der Waals surface area (Å²) in [6.45, 7) is 1.98. The molecule has 1 amide bonds. The van der Waals surface area contributed by atoms with E-state index in [0.29, 0.717) is 25.8 Å². The van der Waals surface area contributed by atoms with E-state index in [4.69, 9.17) is 9.84 Å². The van der Waals surface area contributed by atoms with Crippen molar-refractivity contribution in [2.24, 2.45) is 0 Å². The van der Waals surface area contributed by atoms with E-state index in [1.54, 1.807) is 0 Å². The Morgan fingerprint density at radius 3 is 2.61 bits per heavy atom. The number of amides is 1. The zero-order valence-electron chi connectivity index (χ0n) is 10.6. The molecule has 2 heterocycles. The maximum Gasteiger partial charge on any atom is 0.326 e.